The molecule has 0 aliphatic rings. The van der Waals surface area contributed by atoms with E-state index in [1.807, 2.05) is 6.07 Å². The molecule has 0 atom stereocenters. The summed E-state index contributed by atoms with van der Waals surface area (Å²) in [6, 6.07) is 2.16. The largest absolute Gasteiger partial charge is 0.383 e. The van der Waals surface area contributed by atoms with Gasteiger partial charge in [-0.05, 0) is 13.8 Å². The highest BCUT2D eigenvalue weighted by Crippen LogP contribution is 2.15. The van der Waals surface area contributed by atoms with Crippen LogP contribution in [0.4, 0.5) is 11.6 Å². The van der Waals surface area contributed by atoms with Gasteiger partial charge in [0.25, 0.3) is 0 Å². The lowest BCUT2D eigenvalue weighted by atomic mass is 10.3. The Labute approximate surface area is 95.8 Å². The van der Waals surface area contributed by atoms with Gasteiger partial charge in [-0.1, -0.05) is 0 Å². The molecule has 3 N–H and O–H groups in total. The molecule has 1 aromatic rings. The van der Waals surface area contributed by atoms with Crippen LogP contribution in [0.2, 0.25) is 0 Å². The minimum absolute atomic E-state index is 0.343. The second-order valence-corrected chi connectivity index (χ2v) is 3.69. The third-order valence-corrected chi connectivity index (χ3v) is 2.25. The van der Waals surface area contributed by atoms with Gasteiger partial charge in [0, 0.05) is 25.8 Å². The molecule has 1 rings (SSSR count). The molecule has 1 aromatic heterocycles. The average molecular weight is 225 g/mol. The number of rotatable bonds is 6. The third kappa shape index (κ3) is 3.32. The Kier molecular flexibility index (Phi) is 4.94. The number of nitrogen functional groups attached to an aromatic ring is 1. The van der Waals surface area contributed by atoms with Gasteiger partial charge in [0.15, 0.2) is 0 Å². The SMILES string of the molecule is COCCN(c1cc(NN)ncn1)C(C)C. The molecule has 0 amide bonds. The number of nitrogens with one attached hydrogen (secondary N) is 1. The maximum atomic E-state index is 5.31. The van der Waals surface area contributed by atoms with E-state index in [0.29, 0.717) is 18.5 Å². The molecule has 0 aliphatic carbocycles. The number of hydrogen-bond donors (Lipinski definition) is 2. The minimum atomic E-state index is 0.343. The summed E-state index contributed by atoms with van der Waals surface area (Å²) in [5, 5.41) is 0. The molecule has 0 bridgehead atoms. The second kappa shape index (κ2) is 6.24. The van der Waals surface area contributed by atoms with E-state index in [2.05, 4.69) is 34.1 Å². The van der Waals surface area contributed by atoms with Crippen molar-refractivity contribution in [1.82, 2.24) is 9.97 Å². The summed E-state index contributed by atoms with van der Waals surface area (Å²) in [6.45, 7) is 5.66. The Morgan fingerprint density at radius 2 is 2.25 bits per heavy atom. The smallest absolute Gasteiger partial charge is 0.145 e. The van der Waals surface area contributed by atoms with Gasteiger partial charge < -0.3 is 15.1 Å². The summed E-state index contributed by atoms with van der Waals surface area (Å²) in [4.78, 5) is 10.3. The number of ether oxygens (including phenoxy) is 1. The van der Waals surface area contributed by atoms with Crippen molar-refractivity contribution in [2.24, 2.45) is 5.84 Å². The number of nitrogens with zero attached hydrogens (tertiary/aromatic N) is 3. The quantitative estimate of drug-likeness (QED) is 0.546. The average Bonchev–Trinajstić information content (AvgIpc) is 2.29. The summed E-state index contributed by atoms with van der Waals surface area (Å²) in [5.41, 5.74) is 2.51. The molecule has 6 heteroatoms. The summed E-state index contributed by atoms with van der Waals surface area (Å²) in [7, 11) is 1.69. The van der Waals surface area contributed by atoms with Gasteiger partial charge in [-0.2, -0.15) is 0 Å². The van der Waals surface area contributed by atoms with Crippen LogP contribution in [0.1, 0.15) is 13.8 Å². The van der Waals surface area contributed by atoms with Crippen LogP contribution in [0, 0.1) is 0 Å². The van der Waals surface area contributed by atoms with E-state index >= 15 is 0 Å². The van der Waals surface area contributed by atoms with Crippen molar-refractivity contribution in [2.75, 3.05) is 30.6 Å². The zero-order chi connectivity index (χ0) is 12.0. The molecule has 0 fully saturated rings. The van der Waals surface area contributed by atoms with Crippen molar-refractivity contribution >= 4 is 11.6 Å². The highest BCUT2D eigenvalue weighted by molar-refractivity contribution is 5.48. The lowest BCUT2D eigenvalue weighted by Gasteiger charge is -2.27. The molecule has 0 aliphatic heterocycles. The summed E-state index contributed by atoms with van der Waals surface area (Å²) in [5.74, 6) is 6.76. The third-order valence-electron chi connectivity index (χ3n) is 2.25. The molecule has 0 saturated heterocycles. The Morgan fingerprint density at radius 3 is 2.81 bits per heavy atom. The van der Waals surface area contributed by atoms with Crippen LogP contribution in [0.3, 0.4) is 0 Å². The first-order chi connectivity index (χ1) is 7.69. The van der Waals surface area contributed by atoms with Gasteiger partial charge >= 0.3 is 0 Å². The second-order valence-electron chi connectivity index (χ2n) is 3.69. The van der Waals surface area contributed by atoms with E-state index in [0.717, 1.165) is 12.4 Å². The van der Waals surface area contributed by atoms with Crippen LogP contribution < -0.4 is 16.2 Å². The monoisotopic (exact) mass is 225 g/mol. The molecule has 0 radical (unpaired) electrons. The standard InChI is InChI=1S/C10H19N5O/c1-8(2)15(4-5-16-3)10-6-9(14-11)12-7-13-10/h6-8H,4-5,11H2,1-3H3,(H,12,13,14). The fraction of sp³-hybridized carbons (Fsp3) is 0.600. The lowest BCUT2D eigenvalue weighted by Crippen LogP contribution is -2.34. The van der Waals surface area contributed by atoms with E-state index < -0.39 is 0 Å². The van der Waals surface area contributed by atoms with Crippen molar-refractivity contribution in [3.63, 3.8) is 0 Å². The molecule has 0 unspecified atom stereocenters. The highest BCUT2D eigenvalue weighted by Gasteiger charge is 2.12. The van der Waals surface area contributed by atoms with Gasteiger partial charge in [-0.3, -0.25) is 0 Å². The normalized spacial score (nSPS) is 10.6. The summed E-state index contributed by atoms with van der Waals surface area (Å²) >= 11 is 0. The summed E-state index contributed by atoms with van der Waals surface area (Å²) in [6.07, 6.45) is 1.49. The predicted octanol–water partition coefficient (Wildman–Crippen LogP) is 0.623. The zero-order valence-corrected chi connectivity index (χ0v) is 9.97. The number of hydrogen-bond acceptors (Lipinski definition) is 6. The van der Waals surface area contributed by atoms with E-state index in [1.54, 1.807) is 7.11 Å². The predicted molar refractivity (Wildman–Crippen MR) is 64.2 cm³/mol. The van der Waals surface area contributed by atoms with Crippen LogP contribution in [-0.2, 0) is 4.74 Å². The van der Waals surface area contributed by atoms with Crippen molar-refractivity contribution in [1.29, 1.82) is 0 Å². The fourth-order valence-electron chi connectivity index (χ4n) is 1.41. The Hall–Kier alpha value is -1.40. The van der Waals surface area contributed by atoms with E-state index in [4.69, 9.17) is 10.6 Å². The van der Waals surface area contributed by atoms with Gasteiger partial charge in [-0.15, -0.1) is 0 Å². The molecule has 0 spiro atoms. The van der Waals surface area contributed by atoms with Crippen LogP contribution in [0.5, 0.6) is 0 Å². The van der Waals surface area contributed by atoms with Gasteiger partial charge in [0.05, 0.1) is 6.61 Å². The number of hydrazine groups is 1. The van der Waals surface area contributed by atoms with Crippen LogP contribution in [0.15, 0.2) is 12.4 Å². The molecule has 6 nitrogen and oxygen atoms in total. The highest BCUT2D eigenvalue weighted by atomic mass is 16.5. The summed E-state index contributed by atoms with van der Waals surface area (Å²) < 4.78 is 5.08. The number of aromatic nitrogens is 2. The molecular formula is C10H19N5O. The Balaban J connectivity index is 2.82. The lowest BCUT2D eigenvalue weighted by molar-refractivity contribution is 0.203. The Bertz CT molecular complexity index is 318. The number of nitrogens with two attached hydrogens (primary N) is 1. The molecular weight excluding hydrogens is 206 g/mol. The van der Waals surface area contributed by atoms with Crippen LogP contribution in [-0.4, -0.2) is 36.3 Å². The van der Waals surface area contributed by atoms with Crippen LogP contribution in [0.25, 0.3) is 0 Å². The van der Waals surface area contributed by atoms with E-state index in [-0.39, 0.29) is 0 Å². The maximum Gasteiger partial charge on any atom is 0.145 e. The molecule has 16 heavy (non-hydrogen) atoms. The first kappa shape index (κ1) is 12.7. The van der Waals surface area contributed by atoms with Gasteiger partial charge in [0.1, 0.15) is 18.0 Å². The van der Waals surface area contributed by atoms with Crippen molar-refractivity contribution < 1.29 is 4.74 Å². The van der Waals surface area contributed by atoms with Crippen molar-refractivity contribution in [3.05, 3.63) is 12.4 Å². The fourth-order valence-corrected chi connectivity index (χ4v) is 1.41. The first-order valence-corrected chi connectivity index (χ1v) is 5.23. The molecule has 1 heterocycles. The molecule has 0 aromatic carbocycles. The van der Waals surface area contributed by atoms with E-state index in [9.17, 15) is 0 Å². The molecule has 0 saturated carbocycles. The maximum absolute atomic E-state index is 5.31. The number of methoxy groups -OCH3 is 1. The zero-order valence-electron chi connectivity index (χ0n) is 9.97. The van der Waals surface area contributed by atoms with Crippen molar-refractivity contribution in [3.8, 4) is 0 Å². The Morgan fingerprint density at radius 1 is 1.50 bits per heavy atom. The minimum Gasteiger partial charge on any atom is -0.383 e. The van der Waals surface area contributed by atoms with E-state index in [1.165, 1.54) is 6.33 Å². The van der Waals surface area contributed by atoms with Crippen LogP contribution >= 0.6 is 0 Å². The number of anilines is 2. The topological polar surface area (TPSA) is 76.3 Å². The molecule has 90 valence electrons. The first-order valence-electron chi connectivity index (χ1n) is 5.23. The van der Waals surface area contributed by atoms with Crippen molar-refractivity contribution in [2.45, 2.75) is 19.9 Å². The van der Waals surface area contributed by atoms with Gasteiger partial charge in [0.2, 0.25) is 0 Å². The van der Waals surface area contributed by atoms with Gasteiger partial charge in [-0.25, -0.2) is 15.8 Å².